The van der Waals surface area contributed by atoms with Gasteiger partial charge in [-0.05, 0) is 87.6 Å². The Morgan fingerprint density at radius 1 is 1.11 bits per heavy atom. The number of carbonyl (C=O) groups is 1. The summed E-state index contributed by atoms with van der Waals surface area (Å²) in [5, 5.41) is 3.68. The van der Waals surface area contributed by atoms with Crippen LogP contribution < -0.4 is 5.32 Å². The molecule has 0 heterocycles. The highest BCUT2D eigenvalue weighted by molar-refractivity contribution is 6.07. The lowest BCUT2D eigenvalue weighted by molar-refractivity contribution is -0.116. The van der Waals surface area contributed by atoms with Crippen LogP contribution in [0.5, 0.6) is 0 Å². The molecule has 1 fully saturated rings. The minimum Gasteiger partial charge on any atom is -0.488 e. The molecule has 38 heavy (non-hydrogen) atoms. The lowest BCUT2D eigenvalue weighted by atomic mass is 9.87. The number of nitrogens with zero attached hydrogens (tertiary/aromatic N) is 1. The van der Waals surface area contributed by atoms with Crippen molar-refractivity contribution in [3.8, 4) is 0 Å². The summed E-state index contributed by atoms with van der Waals surface area (Å²) in [5.41, 5.74) is 10.4. The molecule has 1 N–H and O–H groups in total. The predicted octanol–water partition coefficient (Wildman–Crippen LogP) is 7.80. The molecule has 0 amide bonds. The van der Waals surface area contributed by atoms with Gasteiger partial charge in [-0.2, -0.15) is 0 Å². The van der Waals surface area contributed by atoms with Crippen molar-refractivity contribution in [3.05, 3.63) is 57.9 Å². The van der Waals surface area contributed by atoms with Gasteiger partial charge in [0.15, 0.2) is 5.76 Å². The van der Waals surface area contributed by atoms with Crippen molar-refractivity contribution in [2.24, 2.45) is 11.8 Å². The number of nitrogens with one attached hydrogen (secondary N) is 1. The van der Waals surface area contributed by atoms with Crippen LogP contribution in [0.3, 0.4) is 0 Å². The fourth-order valence-electron chi connectivity index (χ4n) is 5.83. The summed E-state index contributed by atoms with van der Waals surface area (Å²) in [5.74, 6) is 2.14. The van der Waals surface area contributed by atoms with Gasteiger partial charge in [-0.1, -0.05) is 76.3 Å². The zero-order valence-corrected chi connectivity index (χ0v) is 24.7. The predicted molar refractivity (Wildman–Crippen MR) is 159 cm³/mol. The third-order valence-electron chi connectivity index (χ3n) is 8.61. The number of carbonyl (C=O) groups excluding carboxylic acids is 1. The van der Waals surface area contributed by atoms with Gasteiger partial charge in [0.25, 0.3) is 0 Å². The molecule has 0 aromatic rings. The van der Waals surface area contributed by atoms with E-state index in [0.717, 1.165) is 81.9 Å². The third-order valence-corrected chi connectivity index (χ3v) is 8.61. The van der Waals surface area contributed by atoms with E-state index in [9.17, 15) is 4.79 Å². The number of hydrogen-bond acceptors (Lipinski definition) is 4. The average molecular weight is 521 g/mol. The van der Waals surface area contributed by atoms with Gasteiger partial charge in [0.2, 0.25) is 5.78 Å². The topological polar surface area (TPSA) is 41.6 Å². The van der Waals surface area contributed by atoms with E-state index < -0.39 is 0 Å². The molecule has 0 aromatic carbocycles. The Balaban J connectivity index is 1.73. The maximum absolute atomic E-state index is 14.1. The Morgan fingerprint density at radius 2 is 1.92 bits per heavy atom. The number of ether oxygens (including phenoxy) is 1. The van der Waals surface area contributed by atoms with Crippen molar-refractivity contribution in [2.75, 3.05) is 32.8 Å². The summed E-state index contributed by atoms with van der Waals surface area (Å²) in [7, 11) is 0. The first-order chi connectivity index (χ1) is 18.5. The molecule has 3 aliphatic carbocycles. The highest BCUT2D eigenvalue weighted by Gasteiger charge is 2.26. The van der Waals surface area contributed by atoms with Crippen LogP contribution >= 0.6 is 0 Å². The maximum Gasteiger partial charge on any atom is 0.225 e. The highest BCUT2D eigenvalue weighted by Crippen LogP contribution is 2.30. The van der Waals surface area contributed by atoms with Crippen molar-refractivity contribution in [1.29, 1.82) is 0 Å². The molecule has 3 aliphatic rings. The molecule has 0 spiro atoms. The van der Waals surface area contributed by atoms with Gasteiger partial charge >= 0.3 is 0 Å². The van der Waals surface area contributed by atoms with Gasteiger partial charge in [-0.15, -0.1) is 0 Å². The van der Waals surface area contributed by atoms with E-state index in [-0.39, 0.29) is 5.78 Å². The molecule has 0 aliphatic heterocycles. The molecular formula is C34H52N2O2. The zero-order valence-electron chi connectivity index (χ0n) is 24.7. The zero-order chi connectivity index (χ0) is 27.2. The monoisotopic (exact) mass is 520 g/mol. The Hall–Kier alpha value is -2.25. The summed E-state index contributed by atoms with van der Waals surface area (Å²) >= 11 is 0. The fourth-order valence-corrected chi connectivity index (χ4v) is 5.83. The Bertz CT molecular complexity index is 966. The van der Waals surface area contributed by atoms with E-state index >= 15 is 0 Å². The van der Waals surface area contributed by atoms with Crippen molar-refractivity contribution in [2.45, 2.75) is 105 Å². The van der Waals surface area contributed by atoms with Crippen LogP contribution in [0, 0.1) is 11.8 Å². The van der Waals surface area contributed by atoms with Crippen LogP contribution in [0.25, 0.3) is 0 Å². The molecule has 4 nitrogen and oxygen atoms in total. The van der Waals surface area contributed by atoms with E-state index in [4.69, 9.17) is 4.74 Å². The van der Waals surface area contributed by atoms with Gasteiger partial charge < -0.3 is 15.0 Å². The molecule has 0 aromatic heterocycles. The van der Waals surface area contributed by atoms with E-state index in [1.165, 1.54) is 49.7 Å². The van der Waals surface area contributed by atoms with Crippen LogP contribution in [-0.2, 0) is 9.53 Å². The Kier molecular flexibility index (Phi) is 13.3. The van der Waals surface area contributed by atoms with Crippen LogP contribution in [0.2, 0.25) is 0 Å². The van der Waals surface area contributed by atoms with E-state index in [1.54, 1.807) is 0 Å². The van der Waals surface area contributed by atoms with Gasteiger partial charge in [0, 0.05) is 25.2 Å². The molecule has 1 saturated carbocycles. The molecule has 3 rings (SSSR count). The average Bonchev–Trinajstić information content (AvgIpc) is 2.94. The SMILES string of the molecule is CCC(C)CN(CC)CCN/C1=C(\OCCC2CCCCC2)C(=O)/C(CCC2=CC=C=C=C2)=C(\C)CCC1. The summed E-state index contributed by atoms with van der Waals surface area (Å²) in [6.07, 6.45) is 19.3. The standard InChI is InChI=1S/C34H52N2O2/c1-5-27(3)26-36(6-2)24-23-35-32-19-13-14-28(4)31(21-20-29-15-9-7-10-16-29)33(37)34(32)38-25-22-30-17-11-8-12-18-30/h9,15-16,27,30,35H,5-6,8,11-14,17-26H2,1-4H3/b31-28+,34-32-. The molecule has 0 saturated heterocycles. The second-order valence-corrected chi connectivity index (χ2v) is 11.6. The van der Waals surface area contributed by atoms with Crippen LogP contribution in [0.4, 0.5) is 0 Å². The number of likely N-dealkylation sites (N-methyl/N-ethyl adjacent to an activating group) is 1. The first-order valence-electron chi connectivity index (χ1n) is 15.4. The maximum atomic E-state index is 14.1. The third kappa shape index (κ3) is 9.81. The largest absolute Gasteiger partial charge is 0.488 e. The second-order valence-electron chi connectivity index (χ2n) is 11.6. The quantitative estimate of drug-likeness (QED) is 0.224. The van der Waals surface area contributed by atoms with Crippen LogP contribution in [-0.4, -0.2) is 43.5 Å². The summed E-state index contributed by atoms with van der Waals surface area (Å²) in [6, 6.07) is 0. The molecular weight excluding hydrogens is 468 g/mol. The fraction of sp³-hybridized carbons (Fsp3) is 0.676. The minimum absolute atomic E-state index is 0.103. The first-order valence-corrected chi connectivity index (χ1v) is 15.4. The van der Waals surface area contributed by atoms with E-state index in [2.05, 4.69) is 55.5 Å². The van der Waals surface area contributed by atoms with Crippen molar-refractivity contribution in [1.82, 2.24) is 10.2 Å². The van der Waals surface area contributed by atoms with Gasteiger partial charge in [0.05, 0.1) is 12.3 Å². The molecule has 1 atom stereocenters. The lowest BCUT2D eigenvalue weighted by Gasteiger charge is -2.26. The Labute approximate surface area is 232 Å². The Morgan fingerprint density at radius 3 is 2.63 bits per heavy atom. The van der Waals surface area contributed by atoms with Crippen molar-refractivity contribution in [3.63, 3.8) is 0 Å². The second kappa shape index (κ2) is 16.7. The number of ketones is 1. The molecule has 1 unspecified atom stereocenters. The molecule has 0 bridgehead atoms. The minimum atomic E-state index is 0.103. The van der Waals surface area contributed by atoms with Gasteiger partial charge in [-0.25, -0.2) is 0 Å². The lowest BCUT2D eigenvalue weighted by Crippen LogP contribution is -2.35. The van der Waals surface area contributed by atoms with Crippen LogP contribution in [0.15, 0.2) is 57.9 Å². The summed E-state index contributed by atoms with van der Waals surface area (Å²) in [4.78, 5) is 16.6. The van der Waals surface area contributed by atoms with Crippen molar-refractivity contribution < 1.29 is 9.53 Å². The summed E-state index contributed by atoms with van der Waals surface area (Å²) in [6.45, 7) is 13.6. The smallest absolute Gasteiger partial charge is 0.225 e. The van der Waals surface area contributed by atoms with E-state index in [1.807, 2.05) is 12.2 Å². The van der Waals surface area contributed by atoms with E-state index in [0.29, 0.717) is 18.3 Å². The highest BCUT2D eigenvalue weighted by atomic mass is 16.5. The number of allylic oxidation sites excluding steroid dienone is 7. The van der Waals surface area contributed by atoms with Crippen molar-refractivity contribution >= 4 is 5.78 Å². The molecule has 4 heteroatoms. The van der Waals surface area contributed by atoms with Crippen LogP contribution in [0.1, 0.15) is 105 Å². The number of rotatable bonds is 15. The molecule has 210 valence electrons. The normalized spacial score (nSPS) is 23.4. The number of hydrogen-bond donors (Lipinski definition) is 1. The number of Topliss-reactive ketones (excluding diaryl/α,β-unsaturated/α-hetero) is 1. The summed E-state index contributed by atoms with van der Waals surface area (Å²) < 4.78 is 6.45. The van der Waals surface area contributed by atoms with Gasteiger partial charge in [-0.3, -0.25) is 4.79 Å². The first kappa shape index (κ1) is 30.3. The molecule has 0 radical (unpaired) electrons. The van der Waals surface area contributed by atoms with Gasteiger partial charge in [0.1, 0.15) is 0 Å².